The average Bonchev–Trinajstić information content (AvgIpc) is 2.30. The minimum atomic E-state index is 0.334. The molecule has 1 saturated carbocycles. The van der Waals surface area contributed by atoms with Gasteiger partial charge < -0.3 is 9.84 Å². The highest BCUT2D eigenvalue weighted by Gasteiger charge is 2.34. The second-order valence-electron chi connectivity index (χ2n) is 5.13. The highest BCUT2D eigenvalue weighted by Crippen LogP contribution is 2.40. The van der Waals surface area contributed by atoms with Crippen molar-refractivity contribution in [1.82, 2.24) is 0 Å². The summed E-state index contributed by atoms with van der Waals surface area (Å²) in [6.45, 7) is 1.31. The van der Waals surface area contributed by atoms with Crippen LogP contribution in [-0.4, -0.2) is 24.4 Å². The molecule has 2 heteroatoms. The Kier molecular flexibility index (Phi) is 4.45. The van der Waals surface area contributed by atoms with Gasteiger partial charge in [0, 0.05) is 13.2 Å². The van der Waals surface area contributed by atoms with Crippen molar-refractivity contribution in [2.45, 2.75) is 57.5 Å². The van der Waals surface area contributed by atoms with E-state index < -0.39 is 0 Å². The molecule has 1 aliphatic carbocycles. The van der Waals surface area contributed by atoms with Gasteiger partial charge in [-0.1, -0.05) is 19.3 Å². The summed E-state index contributed by atoms with van der Waals surface area (Å²) in [5.74, 6) is 1.79. The molecule has 2 rings (SSSR count). The van der Waals surface area contributed by atoms with Crippen LogP contribution in [0.25, 0.3) is 0 Å². The number of aliphatic hydroxyl groups excluding tert-OH is 1. The molecule has 0 aromatic carbocycles. The summed E-state index contributed by atoms with van der Waals surface area (Å²) in [6.07, 6.45) is 10.7. The third kappa shape index (κ3) is 2.94. The topological polar surface area (TPSA) is 29.5 Å². The van der Waals surface area contributed by atoms with Crippen molar-refractivity contribution in [3.05, 3.63) is 0 Å². The third-order valence-corrected chi connectivity index (χ3v) is 4.16. The van der Waals surface area contributed by atoms with Crippen molar-refractivity contribution in [2.24, 2.45) is 11.8 Å². The molecule has 2 fully saturated rings. The summed E-state index contributed by atoms with van der Waals surface area (Å²) in [6, 6.07) is 0. The van der Waals surface area contributed by atoms with Crippen molar-refractivity contribution in [3.8, 4) is 0 Å². The first-order valence-electron chi connectivity index (χ1n) is 6.64. The molecule has 3 atom stereocenters. The fourth-order valence-electron chi connectivity index (χ4n) is 3.33. The van der Waals surface area contributed by atoms with Crippen LogP contribution in [0.4, 0.5) is 0 Å². The van der Waals surface area contributed by atoms with E-state index in [0.717, 1.165) is 31.3 Å². The molecule has 1 aliphatic heterocycles. The number of ether oxygens (including phenoxy) is 1. The summed E-state index contributed by atoms with van der Waals surface area (Å²) in [4.78, 5) is 0. The van der Waals surface area contributed by atoms with E-state index in [1.165, 1.54) is 38.5 Å². The van der Waals surface area contributed by atoms with Crippen molar-refractivity contribution >= 4 is 0 Å². The van der Waals surface area contributed by atoms with Crippen molar-refractivity contribution in [1.29, 1.82) is 0 Å². The molecule has 1 N–H and O–H groups in total. The van der Waals surface area contributed by atoms with Crippen LogP contribution >= 0.6 is 0 Å². The lowest BCUT2D eigenvalue weighted by Gasteiger charge is -2.41. The van der Waals surface area contributed by atoms with Gasteiger partial charge in [0.1, 0.15) is 0 Å². The molecular weight excluding hydrogens is 188 g/mol. The van der Waals surface area contributed by atoms with E-state index in [1.54, 1.807) is 0 Å². The fourth-order valence-corrected chi connectivity index (χ4v) is 3.33. The quantitative estimate of drug-likeness (QED) is 0.726. The Labute approximate surface area is 93.0 Å². The number of fused-ring (bicyclic) bond motifs is 1. The fraction of sp³-hybridized carbons (Fsp3) is 1.00. The zero-order valence-corrected chi connectivity index (χ0v) is 9.66. The van der Waals surface area contributed by atoms with E-state index >= 15 is 0 Å². The van der Waals surface area contributed by atoms with Crippen LogP contribution in [0.3, 0.4) is 0 Å². The van der Waals surface area contributed by atoms with Crippen molar-refractivity contribution in [3.63, 3.8) is 0 Å². The molecule has 15 heavy (non-hydrogen) atoms. The van der Waals surface area contributed by atoms with Crippen LogP contribution in [0.1, 0.15) is 51.4 Å². The lowest BCUT2D eigenvalue weighted by Crippen LogP contribution is -2.38. The van der Waals surface area contributed by atoms with Crippen LogP contribution in [0, 0.1) is 11.8 Å². The predicted octanol–water partition coefficient (Wildman–Crippen LogP) is 2.74. The van der Waals surface area contributed by atoms with Gasteiger partial charge in [-0.05, 0) is 43.9 Å². The maximum atomic E-state index is 8.79. The first-order valence-corrected chi connectivity index (χ1v) is 6.64. The Balaban J connectivity index is 1.81. The minimum Gasteiger partial charge on any atom is -0.396 e. The summed E-state index contributed by atoms with van der Waals surface area (Å²) in [7, 11) is 0. The van der Waals surface area contributed by atoms with Gasteiger partial charge in [0.2, 0.25) is 0 Å². The van der Waals surface area contributed by atoms with Gasteiger partial charge in [0.15, 0.2) is 0 Å². The van der Waals surface area contributed by atoms with Crippen LogP contribution in [-0.2, 0) is 4.74 Å². The Morgan fingerprint density at radius 2 is 1.93 bits per heavy atom. The molecule has 1 heterocycles. The van der Waals surface area contributed by atoms with E-state index in [1.807, 2.05) is 0 Å². The molecular formula is C13H24O2. The highest BCUT2D eigenvalue weighted by molar-refractivity contribution is 4.84. The van der Waals surface area contributed by atoms with Gasteiger partial charge in [0.05, 0.1) is 6.10 Å². The molecule has 2 aliphatic rings. The predicted molar refractivity (Wildman–Crippen MR) is 60.7 cm³/mol. The van der Waals surface area contributed by atoms with Crippen LogP contribution in [0.2, 0.25) is 0 Å². The van der Waals surface area contributed by atoms with E-state index in [2.05, 4.69) is 0 Å². The Hall–Kier alpha value is -0.0800. The number of hydrogen-bond acceptors (Lipinski definition) is 2. The summed E-state index contributed by atoms with van der Waals surface area (Å²) in [5.41, 5.74) is 0. The zero-order valence-electron chi connectivity index (χ0n) is 9.66. The largest absolute Gasteiger partial charge is 0.396 e. The Bertz CT molecular complexity index is 179. The number of aliphatic hydroxyl groups is 1. The van der Waals surface area contributed by atoms with Crippen LogP contribution in [0.15, 0.2) is 0 Å². The molecule has 0 amide bonds. The second-order valence-corrected chi connectivity index (χ2v) is 5.13. The maximum Gasteiger partial charge on any atom is 0.0605 e. The standard InChI is InChI=1S/C13H24O2/c14-9-4-3-7-13-12-6-2-1-5-11(12)8-10-15-13/h11-14H,1-10H2/t11-,12+,13-/m0/s1. The number of rotatable bonds is 4. The van der Waals surface area contributed by atoms with Crippen molar-refractivity contribution in [2.75, 3.05) is 13.2 Å². The van der Waals surface area contributed by atoms with E-state index in [-0.39, 0.29) is 0 Å². The van der Waals surface area contributed by atoms with Crippen molar-refractivity contribution < 1.29 is 9.84 Å². The molecule has 0 spiro atoms. The first-order chi connectivity index (χ1) is 7.42. The monoisotopic (exact) mass is 212 g/mol. The highest BCUT2D eigenvalue weighted by atomic mass is 16.5. The Morgan fingerprint density at radius 1 is 1.07 bits per heavy atom. The molecule has 1 saturated heterocycles. The molecule has 0 aromatic rings. The normalized spacial score (nSPS) is 36.2. The molecule has 2 nitrogen and oxygen atoms in total. The molecule has 0 aromatic heterocycles. The van der Waals surface area contributed by atoms with Crippen LogP contribution in [0.5, 0.6) is 0 Å². The SMILES string of the molecule is OCCCC[C@@H]1OCC[C@@H]2CCCC[C@H]21. The molecule has 0 radical (unpaired) electrons. The number of unbranched alkanes of at least 4 members (excludes halogenated alkanes) is 1. The van der Waals surface area contributed by atoms with E-state index in [4.69, 9.17) is 9.84 Å². The minimum absolute atomic E-state index is 0.334. The lowest BCUT2D eigenvalue weighted by atomic mass is 9.72. The summed E-state index contributed by atoms with van der Waals surface area (Å²) < 4.78 is 5.91. The summed E-state index contributed by atoms with van der Waals surface area (Å²) >= 11 is 0. The third-order valence-electron chi connectivity index (χ3n) is 4.16. The zero-order chi connectivity index (χ0) is 10.5. The van der Waals surface area contributed by atoms with Gasteiger partial charge in [-0.3, -0.25) is 0 Å². The second kappa shape index (κ2) is 5.86. The van der Waals surface area contributed by atoms with E-state index in [9.17, 15) is 0 Å². The Morgan fingerprint density at radius 3 is 2.80 bits per heavy atom. The average molecular weight is 212 g/mol. The van der Waals surface area contributed by atoms with Gasteiger partial charge in [-0.15, -0.1) is 0 Å². The van der Waals surface area contributed by atoms with E-state index in [0.29, 0.717) is 12.7 Å². The van der Waals surface area contributed by atoms with Crippen LogP contribution < -0.4 is 0 Å². The molecule has 0 unspecified atom stereocenters. The van der Waals surface area contributed by atoms with Gasteiger partial charge >= 0.3 is 0 Å². The maximum absolute atomic E-state index is 8.79. The number of hydrogen-bond donors (Lipinski definition) is 1. The van der Waals surface area contributed by atoms with Gasteiger partial charge in [-0.2, -0.15) is 0 Å². The van der Waals surface area contributed by atoms with Gasteiger partial charge in [0.25, 0.3) is 0 Å². The first kappa shape index (κ1) is 11.4. The molecule has 0 bridgehead atoms. The van der Waals surface area contributed by atoms with Gasteiger partial charge in [-0.25, -0.2) is 0 Å². The smallest absolute Gasteiger partial charge is 0.0605 e. The molecule has 88 valence electrons. The summed E-state index contributed by atoms with van der Waals surface area (Å²) in [5, 5.41) is 8.79. The lowest BCUT2D eigenvalue weighted by molar-refractivity contribution is -0.0753.